The predicted molar refractivity (Wildman–Crippen MR) is 65.6 cm³/mol. The lowest BCUT2D eigenvalue weighted by Crippen LogP contribution is -2.12. The molecule has 6 heteroatoms. The second-order valence-electron chi connectivity index (χ2n) is 3.55. The molecule has 2 aromatic rings. The van der Waals surface area contributed by atoms with E-state index in [1.807, 2.05) is 25.7 Å². The average molecular weight is 257 g/mol. The fraction of sp³-hybridized carbons (Fsp3) is 0.400. The molecule has 0 saturated carbocycles. The zero-order valence-electron chi connectivity index (χ0n) is 9.20. The third-order valence-corrected chi connectivity index (χ3v) is 3.61. The minimum Gasteiger partial charge on any atom is -0.308 e. The van der Waals surface area contributed by atoms with Crippen LogP contribution in [0.15, 0.2) is 11.7 Å². The molecule has 4 nitrogen and oxygen atoms in total. The predicted octanol–water partition coefficient (Wildman–Crippen LogP) is 2.13. The van der Waals surface area contributed by atoms with Crippen LogP contribution in [0.25, 0.3) is 0 Å². The molecule has 2 rings (SSSR count). The third kappa shape index (κ3) is 2.42. The Kier molecular flexibility index (Phi) is 3.58. The number of nitrogens with zero attached hydrogens (tertiary/aromatic N) is 3. The molecule has 0 bridgehead atoms. The van der Waals surface area contributed by atoms with Gasteiger partial charge in [-0.1, -0.05) is 11.6 Å². The van der Waals surface area contributed by atoms with Gasteiger partial charge < -0.3 is 5.32 Å². The van der Waals surface area contributed by atoms with E-state index < -0.39 is 0 Å². The summed E-state index contributed by atoms with van der Waals surface area (Å²) in [6.07, 6.45) is 1.87. The second kappa shape index (κ2) is 4.95. The molecule has 0 aliphatic rings. The molecule has 0 saturated heterocycles. The lowest BCUT2D eigenvalue weighted by atomic mass is 10.2. The molecule has 0 radical (unpaired) electrons. The van der Waals surface area contributed by atoms with Gasteiger partial charge in [0.1, 0.15) is 5.15 Å². The molecular weight excluding hydrogens is 244 g/mol. The van der Waals surface area contributed by atoms with Crippen LogP contribution in [-0.2, 0) is 20.1 Å². The molecule has 0 amide bonds. The molecule has 2 aromatic heterocycles. The quantitative estimate of drug-likeness (QED) is 0.911. The van der Waals surface area contributed by atoms with Crippen molar-refractivity contribution < 1.29 is 0 Å². The maximum atomic E-state index is 6.13. The fourth-order valence-electron chi connectivity index (χ4n) is 1.51. The minimum absolute atomic E-state index is 0.703. The number of hydrogen-bond acceptors (Lipinski definition) is 4. The van der Waals surface area contributed by atoms with Crippen molar-refractivity contribution in [3.63, 3.8) is 0 Å². The van der Waals surface area contributed by atoms with Gasteiger partial charge in [0.15, 0.2) is 0 Å². The Hall–Kier alpha value is -0.910. The average Bonchev–Trinajstić information content (AvgIpc) is 2.82. The largest absolute Gasteiger partial charge is 0.308 e. The molecule has 0 spiro atoms. The van der Waals surface area contributed by atoms with Crippen LogP contribution in [0.1, 0.15) is 16.1 Å². The van der Waals surface area contributed by atoms with E-state index in [9.17, 15) is 0 Å². The number of hydrogen-bond donors (Lipinski definition) is 1. The van der Waals surface area contributed by atoms with Gasteiger partial charge in [-0.3, -0.25) is 9.67 Å². The first-order valence-electron chi connectivity index (χ1n) is 4.94. The van der Waals surface area contributed by atoms with Crippen LogP contribution in [-0.4, -0.2) is 14.8 Å². The Morgan fingerprint density at radius 1 is 1.50 bits per heavy atom. The normalized spacial score (nSPS) is 10.9. The van der Waals surface area contributed by atoms with E-state index >= 15 is 0 Å². The minimum atomic E-state index is 0.703. The van der Waals surface area contributed by atoms with Crippen molar-refractivity contribution in [2.75, 3.05) is 0 Å². The maximum absolute atomic E-state index is 6.13. The Bertz CT molecular complexity index is 463. The van der Waals surface area contributed by atoms with Gasteiger partial charge in [-0.15, -0.1) is 11.3 Å². The van der Waals surface area contributed by atoms with Crippen molar-refractivity contribution >= 4 is 22.9 Å². The Balaban J connectivity index is 1.95. The topological polar surface area (TPSA) is 42.7 Å². The van der Waals surface area contributed by atoms with Crippen molar-refractivity contribution in [3.05, 3.63) is 33.0 Å². The summed E-state index contributed by atoms with van der Waals surface area (Å²) in [7, 11) is 1.85. The zero-order valence-corrected chi connectivity index (χ0v) is 10.8. The van der Waals surface area contributed by atoms with E-state index in [4.69, 9.17) is 11.6 Å². The first-order valence-corrected chi connectivity index (χ1v) is 6.20. The van der Waals surface area contributed by atoms with Crippen molar-refractivity contribution in [1.82, 2.24) is 20.1 Å². The fourth-order valence-corrected chi connectivity index (χ4v) is 2.32. The van der Waals surface area contributed by atoms with Crippen LogP contribution in [0.3, 0.4) is 0 Å². The summed E-state index contributed by atoms with van der Waals surface area (Å²) in [5.74, 6) is 0. The molecule has 0 aliphatic heterocycles. The molecule has 16 heavy (non-hydrogen) atoms. The maximum Gasteiger partial charge on any atom is 0.131 e. The Morgan fingerprint density at radius 3 is 2.88 bits per heavy atom. The number of halogens is 1. The van der Waals surface area contributed by atoms with Gasteiger partial charge >= 0.3 is 0 Å². The van der Waals surface area contributed by atoms with E-state index in [0.29, 0.717) is 5.15 Å². The highest BCUT2D eigenvalue weighted by Gasteiger charge is 2.10. The first kappa shape index (κ1) is 11.6. The highest BCUT2D eigenvalue weighted by atomic mass is 35.5. The smallest absolute Gasteiger partial charge is 0.131 e. The molecule has 0 fully saturated rings. The summed E-state index contributed by atoms with van der Waals surface area (Å²) >= 11 is 7.77. The Morgan fingerprint density at radius 2 is 2.31 bits per heavy atom. The highest BCUT2D eigenvalue weighted by Crippen LogP contribution is 2.18. The number of rotatable bonds is 4. The van der Waals surface area contributed by atoms with E-state index in [0.717, 1.165) is 24.3 Å². The molecule has 2 heterocycles. The van der Waals surface area contributed by atoms with E-state index in [1.54, 1.807) is 16.0 Å². The Labute approximate surface area is 103 Å². The van der Waals surface area contributed by atoms with Gasteiger partial charge in [-0.05, 0) is 6.92 Å². The molecule has 1 N–H and O–H groups in total. The summed E-state index contributed by atoms with van der Waals surface area (Å²) in [5, 5.41) is 8.30. The van der Waals surface area contributed by atoms with Gasteiger partial charge in [-0.25, -0.2) is 0 Å². The standard InChI is InChI=1S/C10H13ClN4S/c1-7-9(10(11)15(2)14-7)5-12-3-8-4-13-6-16-8/h4,6,12H,3,5H2,1-2H3. The van der Waals surface area contributed by atoms with Gasteiger partial charge in [0.25, 0.3) is 0 Å². The van der Waals surface area contributed by atoms with Crippen LogP contribution in [0.4, 0.5) is 0 Å². The molecule has 86 valence electrons. The van der Waals surface area contributed by atoms with Crippen molar-refractivity contribution in [1.29, 1.82) is 0 Å². The highest BCUT2D eigenvalue weighted by molar-refractivity contribution is 7.09. The number of aryl methyl sites for hydroxylation is 2. The van der Waals surface area contributed by atoms with E-state index in [-0.39, 0.29) is 0 Å². The molecule has 0 aromatic carbocycles. The number of thiazole rings is 1. The number of aromatic nitrogens is 3. The third-order valence-electron chi connectivity index (χ3n) is 2.35. The SMILES string of the molecule is Cc1nn(C)c(Cl)c1CNCc1cncs1. The van der Waals surface area contributed by atoms with Crippen molar-refractivity contribution in [2.24, 2.45) is 7.05 Å². The van der Waals surface area contributed by atoms with Crippen LogP contribution in [0.2, 0.25) is 5.15 Å². The van der Waals surface area contributed by atoms with Gasteiger partial charge in [-0.2, -0.15) is 5.10 Å². The van der Waals surface area contributed by atoms with Crippen molar-refractivity contribution in [2.45, 2.75) is 20.0 Å². The van der Waals surface area contributed by atoms with Crippen molar-refractivity contribution in [3.8, 4) is 0 Å². The molecule has 0 unspecified atom stereocenters. The van der Waals surface area contributed by atoms with Gasteiger partial charge in [0.05, 0.1) is 11.2 Å². The van der Waals surface area contributed by atoms with Crippen LogP contribution < -0.4 is 5.32 Å². The summed E-state index contributed by atoms with van der Waals surface area (Å²) in [6.45, 7) is 3.52. The monoisotopic (exact) mass is 256 g/mol. The van der Waals surface area contributed by atoms with E-state index in [2.05, 4.69) is 15.4 Å². The van der Waals surface area contributed by atoms with Crippen LogP contribution in [0.5, 0.6) is 0 Å². The lowest BCUT2D eigenvalue weighted by molar-refractivity contribution is 0.696. The summed E-state index contributed by atoms with van der Waals surface area (Å²) < 4.78 is 1.70. The summed E-state index contributed by atoms with van der Waals surface area (Å²) in [6, 6.07) is 0. The van der Waals surface area contributed by atoms with Gasteiger partial charge in [0, 0.05) is 36.8 Å². The van der Waals surface area contributed by atoms with Crippen LogP contribution >= 0.6 is 22.9 Å². The second-order valence-corrected chi connectivity index (χ2v) is 4.88. The summed E-state index contributed by atoms with van der Waals surface area (Å²) in [5.41, 5.74) is 3.87. The molecular formula is C10H13ClN4S. The summed E-state index contributed by atoms with van der Waals surface area (Å²) in [4.78, 5) is 5.24. The molecule has 0 aliphatic carbocycles. The lowest BCUT2D eigenvalue weighted by Gasteiger charge is -2.02. The zero-order chi connectivity index (χ0) is 11.5. The first-order chi connectivity index (χ1) is 7.68. The molecule has 0 atom stereocenters. The van der Waals surface area contributed by atoms with E-state index in [1.165, 1.54) is 4.88 Å². The number of nitrogens with one attached hydrogen (secondary N) is 1. The van der Waals surface area contributed by atoms with Crippen LogP contribution in [0, 0.1) is 6.92 Å². The van der Waals surface area contributed by atoms with Gasteiger partial charge in [0.2, 0.25) is 0 Å².